The summed E-state index contributed by atoms with van der Waals surface area (Å²) in [6.45, 7) is 7.27. The van der Waals surface area contributed by atoms with Gasteiger partial charge >= 0.3 is 0 Å². The molecule has 0 heterocycles. The Morgan fingerprint density at radius 1 is 1.47 bits per heavy atom. The fourth-order valence-corrected chi connectivity index (χ4v) is 1.53. The summed E-state index contributed by atoms with van der Waals surface area (Å²) >= 11 is 0. The van der Waals surface area contributed by atoms with E-state index >= 15 is 0 Å². The molecular weight excluding hydrogens is 192 g/mol. The molecule has 0 spiro atoms. The zero-order valence-corrected chi connectivity index (χ0v) is 10.3. The lowest BCUT2D eigenvalue weighted by atomic mass is 10.1. The second-order valence-electron chi connectivity index (χ2n) is 3.73. The summed E-state index contributed by atoms with van der Waals surface area (Å²) in [4.78, 5) is 13.8. The van der Waals surface area contributed by atoms with Crippen LogP contribution in [0.25, 0.3) is 0 Å². The molecule has 4 nitrogen and oxygen atoms in total. The first-order valence-corrected chi connectivity index (χ1v) is 5.62. The molecule has 0 aromatic rings. The van der Waals surface area contributed by atoms with Crippen LogP contribution in [-0.4, -0.2) is 43.2 Å². The molecule has 15 heavy (non-hydrogen) atoms. The molecule has 2 unspecified atom stereocenters. The van der Waals surface area contributed by atoms with Gasteiger partial charge in [0.1, 0.15) is 0 Å². The first kappa shape index (κ1) is 14.4. The summed E-state index contributed by atoms with van der Waals surface area (Å²) in [5.74, 6) is 0.129. The highest BCUT2D eigenvalue weighted by Crippen LogP contribution is 2.07. The predicted octanol–water partition coefficient (Wildman–Crippen LogP) is 0.997. The minimum atomic E-state index is -0.157. The van der Waals surface area contributed by atoms with E-state index in [0.29, 0.717) is 13.0 Å². The minimum Gasteiger partial charge on any atom is -0.380 e. The largest absolute Gasteiger partial charge is 0.380 e. The number of carbonyl (C=O) groups is 1. The van der Waals surface area contributed by atoms with Crippen LogP contribution in [0.15, 0.2) is 0 Å². The van der Waals surface area contributed by atoms with E-state index in [4.69, 9.17) is 10.5 Å². The topological polar surface area (TPSA) is 55.6 Å². The second-order valence-corrected chi connectivity index (χ2v) is 3.73. The number of hydrogen-bond acceptors (Lipinski definition) is 3. The van der Waals surface area contributed by atoms with E-state index in [9.17, 15) is 4.79 Å². The molecule has 0 aliphatic heterocycles. The van der Waals surface area contributed by atoms with Gasteiger partial charge in [0.05, 0.1) is 12.5 Å². The molecule has 0 bridgehead atoms. The van der Waals surface area contributed by atoms with Crippen LogP contribution < -0.4 is 5.73 Å². The van der Waals surface area contributed by atoms with Gasteiger partial charge in [-0.1, -0.05) is 6.92 Å². The predicted molar refractivity (Wildman–Crippen MR) is 61.6 cm³/mol. The molecule has 0 saturated heterocycles. The Kier molecular flexibility index (Phi) is 7.34. The van der Waals surface area contributed by atoms with Gasteiger partial charge < -0.3 is 15.4 Å². The average Bonchev–Trinajstić information content (AvgIpc) is 2.26. The molecule has 0 saturated carbocycles. The van der Waals surface area contributed by atoms with Crippen LogP contribution in [0.3, 0.4) is 0 Å². The van der Waals surface area contributed by atoms with Gasteiger partial charge in [0.2, 0.25) is 5.91 Å². The van der Waals surface area contributed by atoms with Gasteiger partial charge in [-0.3, -0.25) is 4.79 Å². The van der Waals surface area contributed by atoms with Crippen molar-refractivity contribution in [3.8, 4) is 0 Å². The fourth-order valence-electron chi connectivity index (χ4n) is 1.53. The van der Waals surface area contributed by atoms with Crippen molar-refractivity contribution in [2.45, 2.75) is 45.8 Å². The summed E-state index contributed by atoms with van der Waals surface area (Å²) in [6.07, 6.45) is 1.20. The van der Waals surface area contributed by atoms with Crippen LogP contribution in [-0.2, 0) is 9.53 Å². The average molecular weight is 216 g/mol. The molecule has 2 N–H and O–H groups in total. The van der Waals surface area contributed by atoms with E-state index < -0.39 is 0 Å². The molecule has 0 aromatic heterocycles. The Labute approximate surface area is 92.8 Å². The minimum absolute atomic E-state index is 0.129. The van der Waals surface area contributed by atoms with E-state index in [0.717, 1.165) is 13.0 Å². The third-order valence-electron chi connectivity index (χ3n) is 2.78. The van der Waals surface area contributed by atoms with Crippen molar-refractivity contribution >= 4 is 5.91 Å². The number of rotatable bonds is 7. The molecule has 90 valence electrons. The fraction of sp³-hybridized carbons (Fsp3) is 0.909. The number of ether oxygens (including phenoxy) is 1. The van der Waals surface area contributed by atoms with Crippen LogP contribution in [0, 0.1) is 0 Å². The van der Waals surface area contributed by atoms with E-state index in [1.54, 1.807) is 7.11 Å². The summed E-state index contributed by atoms with van der Waals surface area (Å²) in [5.41, 5.74) is 5.49. The van der Waals surface area contributed by atoms with Crippen molar-refractivity contribution in [3.63, 3.8) is 0 Å². The number of amides is 1. The van der Waals surface area contributed by atoms with E-state index in [2.05, 4.69) is 13.8 Å². The van der Waals surface area contributed by atoms with Crippen molar-refractivity contribution < 1.29 is 9.53 Å². The number of hydrogen-bond donors (Lipinski definition) is 1. The highest BCUT2D eigenvalue weighted by molar-refractivity contribution is 5.77. The lowest BCUT2D eigenvalue weighted by Gasteiger charge is -2.28. The van der Waals surface area contributed by atoms with Gasteiger partial charge in [-0.15, -0.1) is 0 Å². The maximum atomic E-state index is 11.9. The summed E-state index contributed by atoms with van der Waals surface area (Å²) in [5, 5.41) is 0. The van der Waals surface area contributed by atoms with Crippen molar-refractivity contribution in [1.29, 1.82) is 0 Å². The lowest BCUT2D eigenvalue weighted by Crippen LogP contribution is -2.41. The third kappa shape index (κ3) is 4.62. The normalized spacial score (nSPS) is 14.7. The van der Waals surface area contributed by atoms with Gasteiger partial charge in [-0.05, 0) is 20.3 Å². The summed E-state index contributed by atoms with van der Waals surface area (Å²) in [7, 11) is 1.59. The molecule has 2 atom stereocenters. The number of nitrogens with zero attached hydrogens (tertiary/aromatic N) is 1. The molecule has 0 rings (SSSR count). The first-order chi connectivity index (χ1) is 7.10. The smallest absolute Gasteiger partial charge is 0.225 e. The Hall–Kier alpha value is -0.610. The van der Waals surface area contributed by atoms with Gasteiger partial charge in [-0.2, -0.15) is 0 Å². The van der Waals surface area contributed by atoms with E-state index in [-0.39, 0.29) is 18.1 Å². The lowest BCUT2D eigenvalue weighted by molar-refractivity contribution is -0.135. The summed E-state index contributed by atoms with van der Waals surface area (Å²) < 4.78 is 5.11. The Morgan fingerprint density at radius 2 is 2.07 bits per heavy atom. The van der Waals surface area contributed by atoms with Crippen LogP contribution in [0.5, 0.6) is 0 Å². The molecule has 0 aliphatic rings. The van der Waals surface area contributed by atoms with Crippen molar-refractivity contribution in [2.24, 2.45) is 5.73 Å². The summed E-state index contributed by atoms with van der Waals surface area (Å²) in [6, 6.07) is 0.290. The Morgan fingerprint density at radius 3 is 2.40 bits per heavy atom. The van der Waals surface area contributed by atoms with E-state index in [1.807, 2.05) is 11.8 Å². The van der Waals surface area contributed by atoms with Crippen LogP contribution >= 0.6 is 0 Å². The standard InChI is InChI=1S/C11H24N2O2/c1-5-9(3)13(6-2)11(14)7-10(8-12)15-4/h9-10H,5-8,12H2,1-4H3. The van der Waals surface area contributed by atoms with Crippen molar-refractivity contribution in [1.82, 2.24) is 4.90 Å². The molecule has 0 aliphatic carbocycles. The number of methoxy groups -OCH3 is 1. The molecule has 0 aromatic carbocycles. The van der Waals surface area contributed by atoms with Gasteiger partial charge in [-0.25, -0.2) is 0 Å². The molecule has 4 heteroatoms. The maximum Gasteiger partial charge on any atom is 0.225 e. The first-order valence-electron chi connectivity index (χ1n) is 5.62. The van der Waals surface area contributed by atoms with Crippen molar-refractivity contribution in [2.75, 3.05) is 20.2 Å². The van der Waals surface area contributed by atoms with Crippen LogP contribution in [0.1, 0.15) is 33.6 Å². The quantitative estimate of drug-likeness (QED) is 0.690. The third-order valence-corrected chi connectivity index (χ3v) is 2.78. The maximum absolute atomic E-state index is 11.9. The SMILES string of the molecule is CCC(C)N(CC)C(=O)CC(CN)OC. The molecule has 0 radical (unpaired) electrons. The van der Waals surface area contributed by atoms with Gasteiger partial charge in [0, 0.05) is 26.2 Å². The highest BCUT2D eigenvalue weighted by atomic mass is 16.5. The van der Waals surface area contributed by atoms with Crippen LogP contribution in [0.4, 0.5) is 0 Å². The van der Waals surface area contributed by atoms with Gasteiger partial charge in [0.25, 0.3) is 0 Å². The molecule has 0 fully saturated rings. The monoisotopic (exact) mass is 216 g/mol. The zero-order valence-electron chi connectivity index (χ0n) is 10.3. The second kappa shape index (κ2) is 7.65. The molecule has 1 amide bonds. The highest BCUT2D eigenvalue weighted by Gasteiger charge is 2.20. The Balaban J connectivity index is 4.26. The number of carbonyl (C=O) groups excluding carboxylic acids is 1. The number of nitrogens with two attached hydrogens (primary N) is 1. The van der Waals surface area contributed by atoms with Crippen molar-refractivity contribution in [3.05, 3.63) is 0 Å². The van der Waals surface area contributed by atoms with Crippen LogP contribution in [0.2, 0.25) is 0 Å². The Bertz CT molecular complexity index is 181. The molecular formula is C11H24N2O2. The zero-order chi connectivity index (χ0) is 11.8. The van der Waals surface area contributed by atoms with E-state index in [1.165, 1.54) is 0 Å². The van der Waals surface area contributed by atoms with Gasteiger partial charge in [0.15, 0.2) is 0 Å².